The summed E-state index contributed by atoms with van der Waals surface area (Å²) in [5, 5.41) is 15.8. The van der Waals surface area contributed by atoms with Gasteiger partial charge in [-0.15, -0.1) is 0 Å². The van der Waals surface area contributed by atoms with Crippen LogP contribution in [0.2, 0.25) is 0 Å². The second-order valence-electron chi connectivity index (χ2n) is 8.20. The third kappa shape index (κ3) is 3.87. The Balaban J connectivity index is 1.68. The fraction of sp³-hybridized carbons (Fsp3) is 0.250. The van der Waals surface area contributed by atoms with Gasteiger partial charge in [0.05, 0.1) is 17.5 Å². The Bertz CT molecular complexity index is 1330. The lowest BCUT2D eigenvalue weighted by Crippen LogP contribution is -2.28. The summed E-state index contributed by atoms with van der Waals surface area (Å²) in [4.78, 5) is 21.5. The van der Waals surface area contributed by atoms with Gasteiger partial charge in [-0.3, -0.25) is 9.36 Å². The van der Waals surface area contributed by atoms with Crippen LogP contribution in [0.4, 0.5) is 5.95 Å². The molecule has 0 fully saturated rings. The van der Waals surface area contributed by atoms with E-state index in [2.05, 4.69) is 58.6 Å². The number of benzene rings is 2. The predicted molar refractivity (Wildman–Crippen MR) is 119 cm³/mol. The van der Waals surface area contributed by atoms with Crippen molar-refractivity contribution >= 4 is 27.8 Å². The molecule has 2 aromatic carbocycles. The van der Waals surface area contributed by atoms with E-state index in [9.17, 15) is 10.1 Å². The third-order valence-corrected chi connectivity index (χ3v) is 5.20. The summed E-state index contributed by atoms with van der Waals surface area (Å²) in [6, 6.07) is 20.0. The van der Waals surface area contributed by atoms with E-state index in [-0.39, 0.29) is 18.1 Å². The Labute approximate surface area is 174 Å². The monoisotopic (exact) mass is 397 g/mol. The Morgan fingerprint density at radius 2 is 1.83 bits per heavy atom. The molecule has 150 valence electrons. The standard InChI is InChI=1S/C24H23N5O/c1-16(18-9-8-17-6-4-5-7-19(17)12-18)27-23-26-13-20-10-11-21(30)29(22(20)28-23)15-24(2,3)14-25/h4-13,16H,15H2,1-3H3,(H,26,27,28)/t16-/m0/s1. The number of nitrogens with zero attached hydrogens (tertiary/aromatic N) is 4. The minimum Gasteiger partial charge on any atom is -0.348 e. The van der Waals surface area contributed by atoms with Crippen molar-refractivity contribution in [1.29, 1.82) is 5.26 Å². The lowest BCUT2D eigenvalue weighted by Gasteiger charge is -2.19. The number of anilines is 1. The number of fused-ring (bicyclic) bond motifs is 2. The summed E-state index contributed by atoms with van der Waals surface area (Å²) < 4.78 is 1.55. The number of hydrogen-bond acceptors (Lipinski definition) is 5. The van der Waals surface area contributed by atoms with Gasteiger partial charge in [0, 0.05) is 24.2 Å². The van der Waals surface area contributed by atoms with Crippen molar-refractivity contribution < 1.29 is 0 Å². The Hall–Kier alpha value is -3.72. The van der Waals surface area contributed by atoms with Crippen LogP contribution in [0.3, 0.4) is 0 Å². The lowest BCUT2D eigenvalue weighted by molar-refractivity contribution is 0.408. The zero-order valence-corrected chi connectivity index (χ0v) is 17.3. The first-order chi connectivity index (χ1) is 14.4. The molecule has 0 spiro atoms. The summed E-state index contributed by atoms with van der Waals surface area (Å²) in [6.07, 6.45) is 1.70. The molecule has 6 nitrogen and oxygen atoms in total. The molecular weight excluding hydrogens is 374 g/mol. The zero-order valence-electron chi connectivity index (χ0n) is 17.3. The quantitative estimate of drug-likeness (QED) is 0.529. The van der Waals surface area contributed by atoms with Crippen LogP contribution in [0.5, 0.6) is 0 Å². The molecule has 0 bridgehead atoms. The van der Waals surface area contributed by atoms with Crippen LogP contribution in [0.1, 0.15) is 32.4 Å². The van der Waals surface area contributed by atoms with Crippen LogP contribution in [0.15, 0.2) is 65.6 Å². The molecule has 0 aliphatic rings. The number of aromatic nitrogens is 3. The topological polar surface area (TPSA) is 83.6 Å². The molecule has 4 rings (SSSR count). The summed E-state index contributed by atoms with van der Waals surface area (Å²) in [6.45, 7) is 5.92. The normalized spacial score (nSPS) is 12.6. The largest absolute Gasteiger partial charge is 0.348 e. The van der Waals surface area contributed by atoms with E-state index in [0.29, 0.717) is 11.6 Å². The highest BCUT2D eigenvalue weighted by Gasteiger charge is 2.20. The SMILES string of the molecule is C[C@H](Nc1ncc2ccc(=O)n(CC(C)(C)C#N)c2n1)c1ccc2ccccc2c1. The summed E-state index contributed by atoms with van der Waals surface area (Å²) >= 11 is 0. The Kier molecular flexibility index (Phi) is 4.96. The molecular formula is C24H23N5O. The zero-order chi connectivity index (χ0) is 21.3. The lowest BCUT2D eigenvalue weighted by atomic mass is 9.96. The fourth-order valence-corrected chi connectivity index (χ4v) is 3.48. The Morgan fingerprint density at radius 1 is 1.10 bits per heavy atom. The molecule has 2 heterocycles. The van der Waals surface area contributed by atoms with Gasteiger partial charge in [0.2, 0.25) is 5.95 Å². The van der Waals surface area contributed by atoms with Gasteiger partial charge in [0.15, 0.2) is 0 Å². The van der Waals surface area contributed by atoms with Crippen molar-refractivity contribution in [2.24, 2.45) is 5.41 Å². The molecule has 0 amide bonds. The molecule has 1 atom stereocenters. The van der Waals surface area contributed by atoms with Gasteiger partial charge in [0.1, 0.15) is 5.65 Å². The second kappa shape index (κ2) is 7.60. The average Bonchev–Trinajstić information content (AvgIpc) is 2.75. The van der Waals surface area contributed by atoms with E-state index >= 15 is 0 Å². The molecule has 0 aliphatic heterocycles. The minimum atomic E-state index is -0.685. The van der Waals surface area contributed by atoms with Gasteiger partial charge in [-0.05, 0) is 49.2 Å². The number of nitriles is 1. The molecule has 6 heteroatoms. The second-order valence-corrected chi connectivity index (χ2v) is 8.20. The average molecular weight is 397 g/mol. The van der Waals surface area contributed by atoms with Gasteiger partial charge in [0.25, 0.3) is 5.56 Å². The van der Waals surface area contributed by atoms with Crippen molar-refractivity contribution in [1.82, 2.24) is 14.5 Å². The summed E-state index contributed by atoms with van der Waals surface area (Å²) in [5.41, 5.74) is 0.773. The van der Waals surface area contributed by atoms with Crippen LogP contribution in [0.25, 0.3) is 21.8 Å². The maximum absolute atomic E-state index is 12.5. The van der Waals surface area contributed by atoms with Crippen LogP contribution in [0, 0.1) is 16.7 Å². The highest BCUT2D eigenvalue weighted by atomic mass is 16.1. The first-order valence-electron chi connectivity index (χ1n) is 9.89. The number of nitrogens with one attached hydrogen (secondary N) is 1. The summed E-state index contributed by atoms with van der Waals surface area (Å²) in [5.74, 6) is 0.442. The van der Waals surface area contributed by atoms with Crippen molar-refractivity contribution in [3.63, 3.8) is 0 Å². The van der Waals surface area contributed by atoms with Gasteiger partial charge >= 0.3 is 0 Å². The van der Waals surface area contributed by atoms with Gasteiger partial charge < -0.3 is 5.32 Å². The van der Waals surface area contributed by atoms with E-state index in [1.807, 2.05) is 12.1 Å². The molecule has 2 aromatic heterocycles. The molecule has 0 saturated heterocycles. The van der Waals surface area contributed by atoms with Crippen molar-refractivity contribution in [2.45, 2.75) is 33.4 Å². The minimum absolute atomic E-state index is 0.0218. The van der Waals surface area contributed by atoms with E-state index in [4.69, 9.17) is 0 Å². The molecule has 0 aliphatic carbocycles. The van der Waals surface area contributed by atoms with Gasteiger partial charge in [-0.1, -0.05) is 36.4 Å². The Morgan fingerprint density at radius 3 is 2.60 bits per heavy atom. The van der Waals surface area contributed by atoms with E-state index in [1.165, 1.54) is 16.8 Å². The van der Waals surface area contributed by atoms with Crippen LogP contribution in [-0.2, 0) is 6.54 Å². The van der Waals surface area contributed by atoms with Crippen LogP contribution < -0.4 is 10.9 Å². The molecule has 1 N–H and O–H groups in total. The highest BCUT2D eigenvalue weighted by molar-refractivity contribution is 5.83. The molecule has 4 aromatic rings. The van der Waals surface area contributed by atoms with E-state index in [1.54, 1.807) is 30.7 Å². The summed E-state index contributed by atoms with van der Waals surface area (Å²) in [7, 11) is 0. The number of pyridine rings is 1. The fourth-order valence-electron chi connectivity index (χ4n) is 3.48. The maximum Gasteiger partial charge on any atom is 0.252 e. The number of hydrogen-bond donors (Lipinski definition) is 1. The van der Waals surface area contributed by atoms with Crippen molar-refractivity contribution in [2.75, 3.05) is 5.32 Å². The van der Waals surface area contributed by atoms with Gasteiger partial charge in [-0.2, -0.15) is 10.2 Å². The van der Waals surface area contributed by atoms with Crippen LogP contribution in [-0.4, -0.2) is 14.5 Å². The number of rotatable bonds is 5. The van der Waals surface area contributed by atoms with E-state index in [0.717, 1.165) is 10.9 Å². The van der Waals surface area contributed by atoms with Crippen molar-refractivity contribution in [3.05, 3.63) is 76.7 Å². The highest BCUT2D eigenvalue weighted by Crippen LogP contribution is 2.23. The first kappa shape index (κ1) is 19.6. The predicted octanol–water partition coefficient (Wildman–Crippen LogP) is 4.67. The van der Waals surface area contributed by atoms with E-state index < -0.39 is 5.41 Å². The van der Waals surface area contributed by atoms with Crippen LogP contribution >= 0.6 is 0 Å². The smallest absolute Gasteiger partial charge is 0.252 e. The molecule has 0 radical (unpaired) electrons. The van der Waals surface area contributed by atoms with Crippen molar-refractivity contribution in [3.8, 4) is 6.07 Å². The third-order valence-electron chi connectivity index (χ3n) is 5.20. The molecule has 0 saturated carbocycles. The molecule has 0 unspecified atom stereocenters. The van der Waals surface area contributed by atoms with Gasteiger partial charge in [-0.25, -0.2) is 4.98 Å². The first-order valence-corrected chi connectivity index (χ1v) is 9.89. The molecule has 30 heavy (non-hydrogen) atoms. The maximum atomic E-state index is 12.5.